The van der Waals surface area contributed by atoms with Gasteiger partial charge in [0, 0.05) is 25.6 Å². The van der Waals surface area contributed by atoms with Crippen molar-refractivity contribution in [2.75, 3.05) is 18.4 Å². The molecule has 5 nitrogen and oxygen atoms in total. The number of rotatable bonds is 2. The summed E-state index contributed by atoms with van der Waals surface area (Å²) >= 11 is 12.0. The molecule has 0 unspecified atom stereocenters. The Morgan fingerprint density at radius 3 is 2.40 bits per heavy atom. The van der Waals surface area contributed by atoms with E-state index in [1.807, 2.05) is 0 Å². The first-order valence-corrected chi connectivity index (χ1v) is 10.7. The van der Waals surface area contributed by atoms with Gasteiger partial charge in [0.05, 0.1) is 16.1 Å². The van der Waals surface area contributed by atoms with Gasteiger partial charge in [-0.25, -0.2) is 4.68 Å². The van der Waals surface area contributed by atoms with E-state index in [0.29, 0.717) is 23.7 Å². The topological polar surface area (TPSA) is 50.2 Å². The van der Waals surface area contributed by atoms with Gasteiger partial charge in [-0.05, 0) is 30.5 Å². The third kappa shape index (κ3) is 4.25. The summed E-state index contributed by atoms with van der Waals surface area (Å²) in [6.45, 7) is 1.20. The van der Waals surface area contributed by atoms with Gasteiger partial charge in [0.15, 0.2) is 11.7 Å². The molecular weight excluding hydrogens is 440 g/mol. The van der Waals surface area contributed by atoms with Crippen molar-refractivity contribution in [3.05, 3.63) is 45.6 Å². The number of halogens is 5. The van der Waals surface area contributed by atoms with Gasteiger partial charge >= 0.3 is 6.18 Å². The first-order valence-electron chi connectivity index (χ1n) is 9.91. The normalized spacial score (nSPS) is 22.2. The van der Waals surface area contributed by atoms with Crippen molar-refractivity contribution in [3.8, 4) is 0 Å². The van der Waals surface area contributed by atoms with Crippen LogP contribution >= 0.6 is 23.2 Å². The lowest BCUT2D eigenvalue weighted by Gasteiger charge is -2.33. The van der Waals surface area contributed by atoms with Gasteiger partial charge in [0.25, 0.3) is 5.91 Å². The molecule has 1 aromatic heterocycles. The summed E-state index contributed by atoms with van der Waals surface area (Å²) in [5, 5.41) is 7.75. The fourth-order valence-corrected chi connectivity index (χ4v) is 4.37. The maximum absolute atomic E-state index is 13.8. The lowest BCUT2D eigenvalue weighted by atomic mass is 9.97. The number of aromatic nitrogens is 2. The molecule has 1 fully saturated rings. The van der Waals surface area contributed by atoms with Crippen LogP contribution in [0.2, 0.25) is 10.0 Å². The Morgan fingerprint density at radius 2 is 1.77 bits per heavy atom. The first-order chi connectivity index (χ1) is 14.2. The number of likely N-dealkylation sites (tertiary alicyclic amines) is 1. The number of anilines is 1. The van der Waals surface area contributed by atoms with Gasteiger partial charge in [0.2, 0.25) is 0 Å². The second kappa shape index (κ2) is 8.30. The number of carbonyl (C=O) groups is 1. The molecule has 2 atom stereocenters. The van der Waals surface area contributed by atoms with Crippen molar-refractivity contribution in [1.82, 2.24) is 14.7 Å². The fourth-order valence-electron chi connectivity index (χ4n) is 4.06. The number of hydrogen-bond donors (Lipinski definition) is 1. The van der Waals surface area contributed by atoms with E-state index in [1.54, 1.807) is 23.1 Å². The van der Waals surface area contributed by atoms with Crippen molar-refractivity contribution in [1.29, 1.82) is 0 Å². The zero-order valence-electron chi connectivity index (χ0n) is 16.1. The van der Waals surface area contributed by atoms with E-state index < -0.39 is 18.3 Å². The summed E-state index contributed by atoms with van der Waals surface area (Å²) in [7, 11) is 0. The molecule has 0 aliphatic carbocycles. The molecule has 0 saturated carbocycles. The summed E-state index contributed by atoms with van der Waals surface area (Å²) in [6.07, 6.45) is -0.906. The molecular formula is C20H21Cl2F3N4O. The van der Waals surface area contributed by atoms with E-state index >= 15 is 0 Å². The van der Waals surface area contributed by atoms with Crippen LogP contribution in [0, 0.1) is 0 Å². The first kappa shape index (κ1) is 21.3. The van der Waals surface area contributed by atoms with Crippen LogP contribution in [-0.4, -0.2) is 39.9 Å². The highest BCUT2D eigenvalue weighted by Crippen LogP contribution is 2.44. The second-order valence-electron chi connectivity index (χ2n) is 7.73. The zero-order chi connectivity index (χ0) is 21.5. The average molecular weight is 461 g/mol. The molecule has 1 aromatic carbocycles. The SMILES string of the molecule is O=C(c1cc2n(n1)[C@@H](C(F)(F)F)C[C@@H](c1ccc(Cl)c(Cl)c1)N2)N1CCCCCC1. The number of alkyl halides is 3. The summed E-state index contributed by atoms with van der Waals surface area (Å²) < 4.78 is 42.4. The van der Waals surface area contributed by atoms with Crippen LogP contribution < -0.4 is 5.32 Å². The number of fused-ring (bicyclic) bond motifs is 1. The molecule has 30 heavy (non-hydrogen) atoms. The summed E-state index contributed by atoms with van der Waals surface area (Å²) in [4.78, 5) is 14.6. The predicted octanol–water partition coefficient (Wildman–Crippen LogP) is 5.87. The van der Waals surface area contributed by atoms with E-state index in [2.05, 4.69) is 10.4 Å². The standard InChI is InChI=1S/C20H21Cl2F3N4O/c21-13-6-5-12(9-14(13)22)15-10-17(20(23,24)25)29-18(26-15)11-16(27-29)19(30)28-7-3-1-2-4-8-28/h5-6,9,11,15,17,26H,1-4,7-8,10H2/t15-,17+/m0/s1. The maximum Gasteiger partial charge on any atom is 0.410 e. The minimum absolute atomic E-state index is 0.0310. The Hall–Kier alpha value is -1.93. The molecule has 2 aromatic rings. The monoisotopic (exact) mass is 460 g/mol. The number of amides is 1. The lowest BCUT2D eigenvalue weighted by molar-refractivity contribution is -0.173. The molecule has 0 radical (unpaired) electrons. The molecule has 1 amide bonds. The van der Waals surface area contributed by atoms with Crippen LogP contribution in [-0.2, 0) is 0 Å². The number of benzene rings is 1. The van der Waals surface area contributed by atoms with Crippen molar-refractivity contribution in [2.45, 2.75) is 50.4 Å². The van der Waals surface area contributed by atoms with E-state index in [1.165, 1.54) is 6.07 Å². The maximum atomic E-state index is 13.8. The number of hydrogen-bond acceptors (Lipinski definition) is 3. The number of carbonyl (C=O) groups excluding carboxylic acids is 1. The highest BCUT2D eigenvalue weighted by molar-refractivity contribution is 6.42. The van der Waals surface area contributed by atoms with Crippen LogP contribution in [0.15, 0.2) is 24.3 Å². The molecule has 10 heteroatoms. The molecule has 2 aliphatic heterocycles. The highest BCUT2D eigenvalue weighted by atomic mass is 35.5. The smallest absolute Gasteiger partial charge is 0.363 e. The Kier molecular flexibility index (Phi) is 5.90. The summed E-state index contributed by atoms with van der Waals surface area (Å²) in [5.41, 5.74) is 0.620. The second-order valence-corrected chi connectivity index (χ2v) is 8.54. The van der Waals surface area contributed by atoms with E-state index in [-0.39, 0.29) is 28.9 Å². The Balaban J connectivity index is 1.66. The van der Waals surface area contributed by atoms with Gasteiger partial charge in [-0.2, -0.15) is 18.3 Å². The molecule has 162 valence electrons. The van der Waals surface area contributed by atoms with Crippen molar-refractivity contribution >= 4 is 34.9 Å². The predicted molar refractivity (Wildman–Crippen MR) is 109 cm³/mol. The Bertz CT molecular complexity index is 939. The van der Waals surface area contributed by atoms with Crippen LogP contribution in [0.3, 0.4) is 0 Å². The van der Waals surface area contributed by atoms with E-state index in [9.17, 15) is 18.0 Å². The number of nitrogens with zero attached hydrogens (tertiary/aromatic N) is 3. The van der Waals surface area contributed by atoms with E-state index in [4.69, 9.17) is 23.2 Å². The van der Waals surface area contributed by atoms with Gasteiger partial charge in [-0.3, -0.25) is 4.79 Å². The molecule has 1 saturated heterocycles. The van der Waals surface area contributed by atoms with Crippen LogP contribution in [0.1, 0.15) is 60.2 Å². The Labute approximate surface area is 182 Å². The fraction of sp³-hybridized carbons (Fsp3) is 0.500. The van der Waals surface area contributed by atoms with Gasteiger partial charge in [-0.15, -0.1) is 0 Å². The minimum atomic E-state index is -4.51. The van der Waals surface area contributed by atoms with Crippen molar-refractivity contribution in [2.24, 2.45) is 0 Å². The zero-order valence-corrected chi connectivity index (χ0v) is 17.6. The molecule has 2 aliphatic rings. The van der Waals surface area contributed by atoms with Gasteiger partial charge in [0.1, 0.15) is 5.82 Å². The number of nitrogens with one attached hydrogen (secondary N) is 1. The Morgan fingerprint density at radius 1 is 1.07 bits per heavy atom. The van der Waals surface area contributed by atoms with Gasteiger partial charge in [-0.1, -0.05) is 42.1 Å². The minimum Gasteiger partial charge on any atom is -0.363 e. The van der Waals surface area contributed by atoms with Crippen LogP contribution in [0.5, 0.6) is 0 Å². The van der Waals surface area contributed by atoms with E-state index in [0.717, 1.165) is 30.4 Å². The summed E-state index contributed by atoms with van der Waals surface area (Å²) in [6, 6.07) is 3.69. The van der Waals surface area contributed by atoms with Crippen LogP contribution in [0.4, 0.5) is 19.0 Å². The third-order valence-electron chi connectivity index (χ3n) is 5.65. The van der Waals surface area contributed by atoms with Crippen molar-refractivity contribution < 1.29 is 18.0 Å². The summed E-state index contributed by atoms with van der Waals surface area (Å²) in [5.74, 6) is -0.162. The largest absolute Gasteiger partial charge is 0.410 e. The molecule has 1 N–H and O–H groups in total. The molecule has 0 bridgehead atoms. The van der Waals surface area contributed by atoms with Gasteiger partial charge < -0.3 is 10.2 Å². The molecule has 3 heterocycles. The van der Waals surface area contributed by atoms with Crippen molar-refractivity contribution in [3.63, 3.8) is 0 Å². The third-order valence-corrected chi connectivity index (χ3v) is 6.39. The highest BCUT2D eigenvalue weighted by Gasteiger charge is 2.47. The molecule has 4 rings (SSSR count). The van der Waals surface area contributed by atoms with Crippen LogP contribution in [0.25, 0.3) is 0 Å². The lowest BCUT2D eigenvalue weighted by Crippen LogP contribution is -2.36. The quantitative estimate of drug-likeness (QED) is 0.609. The average Bonchev–Trinajstić information content (AvgIpc) is 2.93. The molecule has 0 spiro atoms.